The Kier molecular flexibility index (Phi) is 2.79. The molecule has 1 fully saturated rings. The van der Waals surface area contributed by atoms with Gasteiger partial charge >= 0.3 is 5.97 Å². The number of fused-ring (bicyclic) bond motifs is 2. The van der Waals surface area contributed by atoms with Crippen LogP contribution in [-0.2, 0) is 4.79 Å². The first-order valence-corrected chi connectivity index (χ1v) is 7.16. The van der Waals surface area contributed by atoms with Crippen LogP contribution < -0.4 is 0 Å². The molecule has 0 spiro atoms. The second-order valence-corrected chi connectivity index (χ2v) is 6.31. The highest BCUT2D eigenvalue weighted by molar-refractivity contribution is 7.11. The third-order valence-corrected chi connectivity index (χ3v) is 5.12. The second-order valence-electron chi connectivity index (χ2n) is 5.36. The zero-order valence-corrected chi connectivity index (χ0v) is 10.8. The van der Waals surface area contributed by atoms with Crippen LogP contribution in [0.4, 0.5) is 0 Å². The Morgan fingerprint density at radius 3 is 2.89 bits per heavy atom. The second kappa shape index (κ2) is 4.21. The third kappa shape index (κ3) is 1.89. The highest BCUT2D eigenvalue weighted by Gasteiger charge is 2.47. The summed E-state index contributed by atoms with van der Waals surface area (Å²) in [6.45, 7) is 0. The number of hydrogen-bond acceptors (Lipinski definition) is 3. The molecule has 3 nitrogen and oxygen atoms in total. The summed E-state index contributed by atoms with van der Waals surface area (Å²) < 4.78 is 0. The fraction of sp³-hybridized carbons (Fsp3) is 0.500. The number of rotatable bonds is 3. The van der Waals surface area contributed by atoms with E-state index in [0.29, 0.717) is 12.3 Å². The highest BCUT2D eigenvalue weighted by Crippen LogP contribution is 2.51. The first kappa shape index (κ1) is 11.9. The van der Waals surface area contributed by atoms with Crippen molar-refractivity contribution in [2.75, 3.05) is 0 Å². The van der Waals surface area contributed by atoms with Gasteiger partial charge in [-0.3, -0.25) is 4.79 Å². The first-order chi connectivity index (χ1) is 8.58. The Hall–Kier alpha value is -1.13. The predicted octanol–water partition coefficient (Wildman–Crippen LogP) is 2.77. The lowest BCUT2D eigenvalue weighted by atomic mass is 9.62. The van der Waals surface area contributed by atoms with E-state index in [1.807, 2.05) is 6.07 Å². The van der Waals surface area contributed by atoms with Gasteiger partial charge in [-0.25, -0.2) is 0 Å². The molecule has 0 aliphatic heterocycles. The van der Waals surface area contributed by atoms with Gasteiger partial charge in [0.05, 0.1) is 12.0 Å². The summed E-state index contributed by atoms with van der Waals surface area (Å²) in [5.41, 5.74) is 0.284. The lowest BCUT2D eigenvalue weighted by Gasteiger charge is -2.46. The Balaban J connectivity index is 1.91. The third-order valence-electron chi connectivity index (χ3n) is 4.20. The maximum Gasteiger partial charge on any atom is 0.306 e. The maximum absolute atomic E-state index is 10.9. The molecule has 1 aromatic heterocycles. The van der Waals surface area contributed by atoms with Crippen LogP contribution in [0.15, 0.2) is 23.6 Å². The standard InChI is InChI=1S/C14H16O3S/c15-13(16)8-14(17)7-9-3-4-10(14)6-11(9)12-2-1-5-18-12/h1-2,5-6,9-10,17H,3-4,7-8H2,(H,15,16)/t9-,10-,14-/m1/s1. The van der Waals surface area contributed by atoms with E-state index in [-0.39, 0.29) is 12.3 Å². The van der Waals surface area contributed by atoms with E-state index >= 15 is 0 Å². The smallest absolute Gasteiger partial charge is 0.306 e. The molecule has 2 N–H and O–H groups in total. The molecule has 4 heteroatoms. The predicted molar refractivity (Wildman–Crippen MR) is 70.3 cm³/mol. The molecule has 3 aliphatic carbocycles. The van der Waals surface area contributed by atoms with Gasteiger partial charge in [0, 0.05) is 10.8 Å². The molecule has 18 heavy (non-hydrogen) atoms. The lowest BCUT2D eigenvalue weighted by molar-refractivity contribution is -0.147. The number of carbonyl (C=O) groups is 1. The molecule has 0 unspecified atom stereocenters. The van der Waals surface area contributed by atoms with Crippen molar-refractivity contribution >= 4 is 22.9 Å². The van der Waals surface area contributed by atoms with Crippen LogP contribution in [-0.4, -0.2) is 21.8 Å². The molecule has 0 amide bonds. The van der Waals surface area contributed by atoms with Gasteiger partial charge in [-0.2, -0.15) is 0 Å². The summed E-state index contributed by atoms with van der Waals surface area (Å²) in [6, 6.07) is 4.14. The Bertz CT molecular complexity index is 491. The summed E-state index contributed by atoms with van der Waals surface area (Å²) in [6.07, 6.45) is 4.54. The van der Waals surface area contributed by atoms with E-state index < -0.39 is 11.6 Å². The monoisotopic (exact) mass is 264 g/mol. The van der Waals surface area contributed by atoms with E-state index in [1.165, 1.54) is 10.5 Å². The number of thiophene rings is 1. The van der Waals surface area contributed by atoms with Crippen molar-refractivity contribution in [3.63, 3.8) is 0 Å². The summed E-state index contributed by atoms with van der Waals surface area (Å²) >= 11 is 1.72. The first-order valence-electron chi connectivity index (χ1n) is 6.28. The SMILES string of the molecule is O=C(O)C[C@]1(O)C[C@H]2CC[C@@H]1C=C2c1cccs1. The van der Waals surface area contributed by atoms with E-state index in [2.05, 4.69) is 17.5 Å². The van der Waals surface area contributed by atoms with Crippen molar-refractivity contribution in [1.82, 2.24) is 0 Å². The van der Waals surface area contributed by atoms with Crippen molar-refractivity contribution in [3.05, 3.63) is 28.5 Å². The largest absolute Gasteiger partial charge is 0.481 e. The maximum atomic E-state index is 10.9. The number of carboxylic acid groups (broad SMARTS) is 1. The van der Waals surface area contributed by atoms with Crippen molar-refractivity contribution < 1.29 is 15.0 Å². The minimum absolute atomic E-state index is 0.00398. The molecule has 4 rings (SSSR count). The van der Waals surface area contributed by atoms with Gasteiger partial charge < -0.3 is 10.2 Å². The summed E-state index contributed by atoms with van der Waals surface area (Å²) in [5.74, 6) is -0.593. The van der Waals surface area contributed by atoms with E-state index in [0.717, 1.165) is 12.8 Å². The van der Waals surface area contributed by atoms with Crippen molar-refractivity contribution in [1.29, 1.82) is 0 Å². The topological polar surface area (TPSA) is 57.5 Å². The van der Waals surface area contributed by atoms with Gasteiger partial charge in [-0.05, 0) is 42.2 Å². The fourth-order valence-corrected chi connectivity index (χ4v) is 4.21. The average molecular weight is 264 g/mol. The van der Waals surface area contributed by atoms with Gasteiger partial charge in [0.25, 0.3) is 0 Å². The van der Waals surface area contributed by atoms with E-state index in [4.69, 9.17) is 5.11 Å². The molecule has 0 radical (unpaired) electrons. The van der Waals surface area contributed by atoms with Gasteiger partial charge in [0.15, 0.2) is 0 Å². The van der Waals surface area contributed by atoms with Crippen LogP contribution in [0, 0.1) is 11.8 Å². The van der Waals surface area contributed by atoms with Gasteiger partial charge in [0.2, 0.25) is 0 Å². The van der Waals surface area contributed by atoms with Gasteiger partial charge in [0.1, 0.15) is 0 Å². The van der Waals surface area contributed by atoms with Crippen molar-refractivity contribution in [2.24, 2.45) is 11.8 Å². The molecule has 0 saturated heterocycles. The molecule has 3 atom stereocenters. The summed E-state index contributed by atoms with van der Waals surface area (Å²) in [5, 5.41) is 21.5. The van der Waals surface area contributed by atoms with Crippen LogP contribution in [0.1, 0.15) is 30.6 Å². The van der Waals surface area contributed by atoms with Crippen molar-refractivity contribution in [2.45, 2.75) is 31.3 Å². The fourth-order valence-electron chi connectivity index (χ4n) is 3.38. The molecule has 3 aliphatic rings. The van der Waals surface area contributed by atoms with Crippen LogP contribution in [0.2, 0.25) is 0 Å². The van der Waals surface area contributed by atoms with Crippen LogP contribution in [0.5, 0.6) is 0 Å². The molecule has 96 valence electrons. The van der Waals surface area contributed by atoms with Gasteiger partial charge in [-0.15, -0.1) is 11.3 Å². The number of carboxylic acids is 1. The Morgan fingerprint density at radius 1 is 1.50 bits per heavy atom. The van der Waals surface area contributed by atoms with E-state index in [1.54, 1.807) is 11.3 Å². The number of aliphatic carboxylic acids is 1. The van der Waals surface area contributed by atoms with E-state index in [9.17, 15) is 9.90 Å². The quantitative estimate of drug-likeness (QED) is 0.882. The minimum Gasteiger partial charge on any atom is -0.481 e. The molecule has 2 bridgehead atoms. The van der Waals surface area contributed by atoms with Crippen molar-refractivity contribution in [3.8, 4) is 0 Å². The van der Waals surface area contributed by atoms with Gasteiger partial charge in [-0.1, -0.05) is 12.1 Å². The normalized spacial score (nSPS) is 34.4. The minimum atomic E-state index is -1.03. The lowest BCUT2D eigenvalue weighted by Crippen LogP contribution is -2.47. The molecule has 1 aromatic rings. The number of allylic oxidation sites excluding steroid dienone is 1. The molecule has 1 saturated carbocycles. The Labute approximate surface area is 110 Å². The molecular formula is C14H16O3S. The summed E-state index contributed by atoms with van der Waals surface area (Å²) in [4.78, 5) is 12.1. The Morgan fingerprint density at radius 2 is 2.33 bits per heavy atom. The zero-order valence-electron chi connectivity index (χ0n) is 10.0. The van der Waals surface area contributed by atoms with Crippen LogP contribution in [0.3, 0.4) is 0 Å². The van der Waals surface area contributed by atoms with Crippen LogP contribution >= 0.6 is 11.3 Å². The molecule has 1 heterocycles. The molecule has 0 aromatic carbocycles. The van der Waals surface area contributed by atoms with Crippen LogP contribution in [0.25, 0.3) is 5.57 Å². The zero-order chi connectivity index (χ0) is 12.8. The highest BCUT2D eigenvalue weighted by atomic mass is 32.1. The number of aliphatic hydroxyl groups is 1. The average Bonchev–Trinajstić information content (AvgIpc) is 2.81. The summed E-state index contributed by atoms with van der Waals surface area (Å²) in [7, 11) is 0. The number of hydrogen-bond donors (Lipinski definition) is 2. The molecular weight excluding hydrogens is 248 g/mol.